The molecular formula is C9H8BrN3O. The molecule has 2 aromatic rings. The summed E-state index contributed by atoms with van der Waals surface area (Å²) >= 11 is 3.32. The van der Waals surface area contributed by atoms with Crippen molar-refractivity contribution < 1.29 is 0 Å². The quantitative estimate of drug-likeness (QED) is 0.825. The number of rotatable bonds is 2. The molecule has 0 aliphatic carbocycles. The van der Waals surface area contributed by atoms with Crippen molar-refractivity contribution in [2.45, 2.75) is 5.33 Å². The summed E-state index contributed by atoms with van der Waals surface area (Å²) in [6.07, 6.45) is 5.27. The highest BCUT2D eigenvalue weighted by Crippen LogP contribution is 2.07. The Hall–Kier alpha value is -1.36. The second-order valence-electron chi connectivity index (χ2n) is 2.82. The van der Waals surface area contributed by atoms with E-state index in [0.717, 1.165) is 16.7 Å². The maximum Gasteiger partial charge on any atom is 0.248 e. The van der Waals surface area contributed by atoms with Crippen LogP contribution in [0.25, 0.3) is 5.69 Å². The summed E-state index contributed by atoms with van der Waals surface area (Å²) in [5.74, 6) is 0. The van der Waals surface area contributed by atoms with E-state index in [0.29, 0.717) is 0 Å². The summed E-state index contributed by atoms with van der Waals surface area (Å²) in [6.45, 7) is 0. The maximum atomic E-state index is 10.8. The number of halogens is 1. The zero-order chi connectivity index (χ0) is 9.97. The number of aromatic nitrogens is 3. The Balaban J connectivity index is 2.39. The summed E-state index contributed by atoms with van der Waals surface area (Å²) in [5, 5.41) is 0.726. The Bertz CT molecular complexity index is 468. The van der Waals surface area contributed by atoms with Crippen molar-refractivity contribution in [3.63, 3.8) is 0 Å². The molecule has 0 aliphatic rings. The smallest absolute Gasteiger partial charge is 0.248 e. The van der Waals surface area contributed by atoms with Gasteiger partial charge in [0.05, 0.1) is 17.7 Å². The number of H-pyrrole nitrogens is 1. The molecule has 0 aromatic carbocycles. The number of hydrogen-bond donors (Lipinski definition) is 1. The van der Waals surface area contributed by atoms with Gasteiger partial charge in [-0.05, 0) is 6.07 Å². The standard InChI is InChI=1S/C9H8BrN3O/c10-3-7-5-13(6-12-7)8-1-2-9(14)11-4-8/h1-2,4-6H,3H2,(H,11,14). The average molecular weight is 254 g/mol. The van der Waals surface area contributed by atoms with Crippen LogP contribution in [0.5, 0.6) is 0 Å². The first-order valence-electron chi connectivity index (χ1n) is 4.07. The van der Waals surface area contributed by atoms with E-state index < -0.39 is 0 Å². The highest BCUT2D eigenvalue weighted by atomic mass is 79.9. The van der Waals surface area contributed by atoms with Crippen LogP contribution < -0.4 is 5.56 Å². The predicted molar refractivity (Wildman–Crippen MR) is 56.8 cm³/mol. The molecule has 0 saturated heterocycles. The van der Waals surface area contributed by atoms with E-state index in [-0.39, 0.29) is 5.56 Å². The molecule has 0 radical (unpaired) electrons. The molecule has 1 N–H and O–H groups in total. The van der Waals surface area contributed by atoms with Crippen molar-refractivity contribution in [3.05, 3.63) is 46.9 Å². The molecule has 4 nitrogen and oxygen atoms in total. The van der Waals surface area contributed by atoms with Crippen LogP contribution in [0.3, 0.4) is 0 Å². The molecule has 2 heterocycles. The molecule has 14 heavy (non-hydrogen) atoms. The fourth-order valence-corrected chi connectivity index (χ4v) is 1.43. The van der Waals surface area contributed by atoms with E-state index in [9.17, 15) is 4.79 Å². The van der Waals surface area contributed by atoms with E-state index in [1.165, 1.54) is 6.07 Å². The number of nitrogens with one attached hydrogen (secondary N) is 1. The van der Waals surface area contributed by atoms with E-state index in [1.807, 2.05) is 10.8 Å². The molecule has 0 fully saturated rings. The van der Waals surface area contributed by atoms with Gasteiger partial charge in [-0.15, -0.1) is 0 Å². The van der Waals surface area contributed by atoms with E-state index in [4.69, 9.17) is 0 Å². The van der Waals surface area contributed by atoms with Crippen LogP contribution in [0, 0.1) is 0 Å². The molecule has 0 bridgehead atoms. The monoisotopic (exact) mass is 253 g/mol. The third kappa shape index (κ3) is 1.77. The van der Waals surface area contributed by atoms with Crippen LogP contribution in [0.15, 0.2) is 35.6 Å². The highest BCUT2D eigenvalue weighted by molar-refractivity contribution is 9.08. The largest absolute Gasteiger partial charge is 0.327 e. The summed E-state index contributed by atoms with van der Waals surface area (Å²) in [6, 6.07) is 3.24. The fourth-order valence-electron chi connectivity index (χ4n) is 1.14. The van der Waals surface area contributed by atoms with Gasteiger partial charge < -0.3 is 9.55 Å². The van der Waals surface area contributed by atoms with Gasteiger partial charge in [-0.1, -0.05) is 15.9 Å². The predicted octanol–water partition coefficient (Wildman–Crippen LogP) is 1.46. The van der Waals surface area contributed by atoms with Crippen LogP contribution in [-0.4, -0.2) is 14.5 Å². The van der Waals surface area contributed by atoms with Crippen LogP contribution in [0.4, 0.5) is 0 Å². The summed E-state index contributed by atoms with van der Waals surface area (Å²) in [5.41, 5.74) is 1.75. The van der Waals surface area contributed by atoms with Crippen LogP contribution in [-0.2, 0) is 5.33 Å². The summed E-state index contributed by atoms with van der Waals surface area (Å²) in [4.78, 5) is 17.6. The Morgan fingerprint density at radius 1 is 1.50 bits per heavy atom. The SMILES string of the molecule is O=c1ccc(-n2cnc(CBr)c2)c[nH]1. The molecule has 2 rings (SSSR count). The lowest BCUT2D eigenvalue weighted by Crippen LogP contribution is -2.03. The van der Waals surface area contributed by atoms with Gasteiger partial charge in [-0.2, -0.15) is 0 Å². The first kappa shape index (κ1) is 9.21. The fraction of sp³-hybridized carbons (Fsp3) is 0.111. The second-order valence-corrected chi connectivity index (χ2v) is 3.38. The van der Waals surface area contributed by atoms with Crippen molar-refractivity contribution in [1.29, 1.82) is 0 Å². The highest BCUT2D eigenvalue weighted by Gasteiger charge is 1.98. The molecule has 0 spiro atoms. The first-order valence-corrected chi connectivity index (χ1v) is 5.19. The minimum atomic E-state index is -0.102. The lowest BCUT2D eigenvalue weighted by Gasteiger charge is -1.98. The molecule has 2 aromatic heterocycles. The van der Waals surface area contributed by atoms with Crippen LogP contribution in [0.2, 0.25) is 0 Å². The lowest BCUT2D eigenvalue weighted by molar-refractivity contribution is 1.03. The minimum absolute atomic E-state index is 0.102. The number of pyridine rings is 1. The lowest BCUT2D eigenvalue weighted by atomic mass is 10.4. The van der Waals surface area contributed by atoms with Gasteiger partial charge in [-0.3, -0.25) is 4.79 Å². The first-order chi connectivity index (χ1) is 6.79. The topological polar surface area (TPSA) is 50.7 Å². The van der Waals surface area contributed by atoms with Crippen LogP contribution in [0.1, 0.15) is 5.69 Å². The van der Waals surface area contributed by atoms with Crippen molar-refractivity contribution in [2.24, 2.45) is 0 Å². The van der Waals surface area contributed by atoms with Crippen LogP contribution >= 0.6 is 15.9 Å². The molecule has 0 unspecified atom stereocenters. The minimum Gasteiger partial charge on any atom is -0.327 e. The number of hydrogen-bond acceptors (Lipinski definition) is 2. The zero-order valence-electron chi connectivity index (χ0n) is 7.27. The van der Waals surface area contributed by atoms with Gasteiger partial charge in [0.15, 0.2) is 0 Å². The van der Waals surface area contributed by atoms with Gasteiger partial charge in [0.2, 0.25) is 5.56 Å². The zero-order valence-corrected chi connectivity index (χ0v) is 8.86. The van der Waals surface area contributed by atoms with Gasteiger partial charge in [-0.25, -0.2) is 4.98 Å². The van der Waals surface area contributed by atoms with E-state index in [2.05, 4.69) is 25.9 Å². The van der Waals surface area contributed by atoms with Crippen molar-refractivity contribution in [2.75, 3.05) is 0 Å². The molecular weight excluding hydrogens is 246 g/mol. The van der Waals surface area contributed by atoms with Gasteiger partial charge in [0.1, 0.15) is 0 Å². The van der Waals surface area contributed by atoms with Gasteiger partial charge >= 0.3 is 0 Å². The molecule has 0 atom stereocenters. The van der Waals surface area contributed by atoms with Crippen molar-refractivity contribution in [3.8, 4) is 5.69 Å². The molecule has 0 aliphatic heterocycles. The molecule has 72 valence electrons. The summed E-state index contributed by atoms with van der Waals surface area (Å²) in [7, 11) is 0. The Kier molecular flexibility index (Phi) is 2.49. The number of aromatic amines is 1. The molecule has 0 amide bonds. The third-order valence-corrected chi connectivity index (χ3v) is 2.41. The molecule has 5 heteroatoms. The van der Waals surface area contributed by atoms with Crippen molar-refractivity contribution in [1.82, 2.24) is 14.5 Å². The molecule has 0 saturated carbocycles. The third-order valence-electron chi connectivity index (χ3n) is 1.84. The van der Waals surface area contributed by atoms with E-state index >= 15 is 0 Å². The Morgan fingerprint density at radius 2 is 2.36 bits per heavy atom. The Morgan fingerprint density at radius 3 is 2.93 bits per heavy atom. The Labute approximate surface area is 88.7 Å². The number of alkyl halides is 1. The van der Waals surface area contributed by atoms with Crippen molar-refractivity contribution >= 4 is 15.9 Å². The average Bonchev–Trinajstić information content (AvgIpc) is 2.67. The van der Waals surface area contributed by atoms with E-state index in [1.54, 1.807) is 18.6 Å². The normalized spacial score (nSPS) is 10.4. The number of imidazole rings is 1. The maximum absolute atomic E-state index is 10.8. The van der Waals surface area contributed by atoms with Gasteiger partial charge in [0, 0.05) is 23.8 Å². The van der Waals surface area contributed by atoms with Gasteiger partial charge in [0.25, 0.3) is 0 Å². The number of nitrogens with zero attached hydrogens (tertiary/aromatic N) is 2. The second kappa shape index (κ2) is 3.79. The summed E-state index contributed by atoms with van der Waals surface area (Å²) < 4.78 is 1.85.